The van der Waals surface area contributed by atoms with Crippen LogP contribution in [-0.2, 0) is 0 Å². The van der Waals surface area contributed by atoms with Gasteiger partial charge in [0, 0.05) is 13.1 Å². The van der Waals surface area contributed by atoms with Crippen LogP contribution in [0, 0.1) is 11.8 Å². The van der Waals surface area contributed by atoms with Crippen LogP contribution in [0.2, 0.25) is 0 Å². The maximum atomic E-state index is 4.40. The molecule has 1 nitrogen and oxygen atoms in total. The highest BCUT2D eigenvalue weighted by Gasteiger charge is 2.28. The zero-order valence-electron chi connectivity index (χ0n) is 5.14. The van der Waals surface area contributed by atoms with E-state index in [4.69, 9.17) is 0 Å². The van der Waals surface area contributed by atoms with Crippen molar-refractivity contribution in [3.05, 3.63) is 0 Å². The molecule has 1 aliphatic carbocycles. The minimum atomic E-state index is 0.994. The molecule has 2 fully saturated rings. The van der Waals surface area contributed by atoms with Gasteiger partial charge < -0.3 is 0 Å². The maximum absolute atomic E-state index is 4.40. The Morgan fingerprint density at radius 2 is 1.62 bits per heavy atom. The molecule has 0 aromatic carbocycles. The van der Waals surface area contributed by atoms with E-state index in [2.05, 4.69) is 5.32 Å². The van der Waals surface area contributed by atoms with Crippen LogP contribution in [0.3, 0.4) is 0 Å². The smallest absolute Gasteiger partial charge is 0.0161 e. The number of hydrogen-bond acceptors (Lipinski definition) is 0. The molecule has 2 bridgehead atoms. The minimum Gasteiger partial charge on any atom is -0.241 e. The predicted octanol–water partition coefficient (Wildman–Crippen LogP) is 1.02. The topological polar surface area (TPSA) is 14.1 Å². The van der Waals surface area contributed by atoms with Crippen LogP contribution in [0.1, 0.15) is 19.3 Å². The Kier molecular flexibility index (Phi) is 1.04. The minimum absolute atomic E-state index is 0.994. The lowest BCUT2D eigenvalue weighted by atomic mass is 10.0. The maximum Gasteiger partial charge on any atom is 0.0161 e. The zero-order valence-corrected chi connectivity index (χ0v) is 5.14. The molecule has 1 saturated carbocycles. The Balaban J connectivity index is 2.03. The van der Waals surface area contributed by atoms with Gasteiger partial charge >= 0.3 is 0 Å². The molecule has 1 heteroatoms. The Hall–Kier alpha value is -0.0400. The molecule has 2 rings (SSSR count). The second-order valence-electron chi connectivity index (χ2n) is 3.13. The van der Waals surface area contributed by atoms with Crippen molar-refractivity contribution >= 4 is 0 Å². The van der Waals surface area contributed by atoms with E-state index < -0.39 is 0 Å². The van der Waals surface area contributed by atoms with E-state index in [1.54, 1.807) is 0 Å². The largest absolute Gasteiger partial charge is 0.241 e. The second-order valence-corrected chi connectivity index (χ2v) is 3.13. The van der Waals surface area contributed by atoms with Crippen LogP contribution in [-0.4, -0.2) is 13.1 Å². The highest BCUT2D eigenvalue weighted by molar-refractivity contribution is 4.82. The fourth-order valence-electron chi connectivity index (χ4n) is 1.95. The van der Waals surface area contributed by atoms with Gasteiger partial charge in [-0.2, -0.15) is 0 Å². The van der Waals surface area contributed by atoms with Gasteiger partial charge in [-0.1, -0.05) is 0 Å². The summed E-state index contributed by atoms with van der Waals surface area (Å²) in [6.45, 7) is 2.35. The lowest BCUT2D eigenvalue weighted by Crippen LogP contribution is -2.24. The highest BCUT2D eigenvalue weighted by atomic mass is 14.9. The van der Waals surface area contributed by atoms with E-state index in [1.807, 2.05) is 0 Å². The van der Waals surface area contributed by atoms with Gasteiger partial charge in [0.25, 0.3) is 0 Å². The number of rotatable bonds is 0. The van der Waals surface area contributed by atoms with Crippen molar-refractivity contribution in [2.45, 2.75) is 19.3 Å². The Bertz CT molecular complexity index is 76.4. The van der Waals surface area contributed by atoms with Crippen LogP contribution < -0.4 is 5.32 Å². The van der Waals surface area contributed by atoms with Crippen molar-refractivity contribution in [3.63, 3.8) is 0 Å². The van der Waals surface area contributed by atoms with Gasteiger partial charge in [0.1, 0.15) is 0 Å². The van der Waals surface area contributed by atoms with Crippen molar-refractivity contribution < 1.29 is 0 Å². The first kappa shape index (κ1) is 4.80. The number of hydrogen-bond donors (Lipinski definition) is 0. The third kappa shape index (κ3) is 0.655. The molecular formula is C7H12N. The summed E-state index contributed by atoms with van der Waals surface area (Å²) in [7, 11) is 0. The first-order chi connectivity index (χ1) is 3.95. The molecule has 0 aromatic rings. The SMILES string of the molecule is C1CC2C[N]CC1C2. The van der Waals surface area contributed by atoms with Gasteiger partial charge in [-0.15, -0.1) is 0 Å². The van der Waals surface area contributed by atoms with Crippen molar-refractivity contribution in [2.24, 2.45) is 11.8 Å². The summed E-state index contributed by atoms with van der Waals surface area (Å²) in [4.78, 5) is 0. The van der Waals surface area contributed by atoms with Gasteiger partial charge in [0.2, 0.25) is 0 Å². The third-order valence-electron chi connectivity index (χ3n) is 2.42. The van der Waals surface area contributed by atoms with E-state index in [9.17, 15) is 0 Å². The summed E-state index contributed by atoms with van der Waals surface area (Å²) in [5.41, 5.74) is 0. The number of fused-ring (bicyclic) bond motifs is 2. The molecule has 1 radical (unpaired) electrons. The predicted molar refractivity (Wildman–Crippen MR) is 32.7 cm³/mol. The molecular weight excluding hydrogens is 98.1 g/mol. The summed E-state index contributed by atoms with van der Waals surface area (Å²) in [6, 6.07) is 0. The van der Waals surface area contributed by atoms with Crippen LogP contribution in [0.5, 0.6) is 0 Å². The normalized spacial score (nSPS) is 45.0. The summed E-state index contributed by atoms with van der Waals surface area (Å²) in [5, 5.41) is 4.40. The highest BCUT2D eigenvalue weighted by Crippen LogP contribution is 2.33. The van der Waals surface area contributed by atoms with Gasteiger partial charge in [0.15, 0.2) is 0 Å². The van der Waals surface area contributed by atoms with E-state index in [1.165, 1.54) is 32.4 Å². The summed E-state index contributed by atoms with van der Waals surface area (Å²) < 4.78 is 0. The molecule has 8 heavy (non-hydrogen) atoms. The van der Waals surface area contributed by atoms with Crippen molar-refractivity contribution in [1.29, 1.82) is 0 Å². The second kappa shape index (κ2) is 1.73. The standard InChI is InChI=1S/C7H12N/c1-2-7-3-6(1)4-8-5-7/h6-7H,1-5H2. The average Bonchev–Trinajstić information content (AvgIpc) is 2.12. The van der Waals surface area contributed by atoms with E-state index >= 15 is 0 Å². The molecule has 0 aromatic heterocycles. The lowest BCUT2D eigenvalue weighted by molar-refractivity contribution is 0.373. The molecule has 45 valence electrons. The average molecular weight is 110 g/mol. The van der Waals surface area contributed by atoms with Crippen molar-refractivity contribution in [2.75, 3.05) is 13.1 Å². The van der Waals surface area contributed by atoms with Crippen LogP contribution in [0.4, 0.5) is 0 Å². The zero-order chi connectivity index (χ0) is 5.40. The first-order valence-electron chi connectivity index (χ1n) is 3.58. The molecule has 2 unspecified atom stereocenters. The fourth-order valence-corrected chi connectivity index (χ4v) is 1.95. The van der Waals surface area contributed by atoms with Crippen LogP contribution >= 0.6 is 0 Å². The molecule has 1 heterocycles. The summed E-state index contributed by atoms with van der Waals surface area (Å²) in [5.74, 6) is 1.99. The molecule has 0 N–H and O–H groups in total. The molecule has 1 saturated heterocycles. The monoisotopic (exact) mass is 110 g/mol. The Labute approximate surface area is 50.5 Å². The lowest BCUT2D eigenvalue weighted by Gasteiger charge is -2.16. The summed E-state index contributed by atoms with van der Waals surface area (Å²) in [6.07, 6.45) is 4.42. The van der Waals surface area contributed by atoms with Gasteiger partial charge in [-0.05, 0) is 31.1 Å². The van der Waals surface area contributed by atoms with Gasteiger partial charge in [-0.25, -0.2) is 5.32 Å². The number of piperidine rings is 1. The summed E-state index contributed by atoms with van der Waals surface area (Å²) >= 11 is 0. The van der Waals surface area contributed by atoms with E-state index in [0.29, 0.717) is 0 Å². The van der Waals surface area contributed by atoms with E-state index in [0.717, 1.165) is 11.8 Å². The van der Waals surface area contributed by atoms with Crippen LogP contribution in [0.15, 0.2) is 0 Å². The number of nitrogens with zero attached hydrogens (tertiary/aromatic N) is 1. The van der Waals surface area contributed by atoms with Gasteiger partial charge in [0.05, 0.1) is 0 Å². The molecule has 2 atom stereocenters. The fraction of sp³-hybridized carbons (Fsp3) is 1.00. The van der Waals surface area contributed by atoms with Gasteiger partial charge in [-0.3, -0.25) is 0 Å². The van der Waals surface area contributed by atoms with Crippen LogP contribution in [0.25, 0.3) is 0 Å². The quantitative estimate of drug-likeness (QED) is 0.442. The van der Waals surface area contributed by atoms with Crippen molar-refractivity contribution in [3.8, 4) is 0 Å². The molecule has 1 aliphatic heterocycles. The molecule has 2 aliphatic rings. The Morgan fingerprint density at radius 1 is 1.00 bits per heavy atom. The third-order valence-corrected chi connectivity index (χ3v) is 2.42. The first-order valence-corrected chi connectivity index (χ1v) is 3.58. The Morgan fingerprint density at radius 3 is 2.12 bits per heavy atom. The van der Waals surface area contributed by atoms with E-state index in [-0.39, 0.29) is 0 Å². The van der Waals surface area contributed by atoms with Crippen molar-refractivity contribution in [1.82, 2.24) is 5.32 Å². The molecule has 0 spiro atoms. The molecule has 0 amide bonds.